The molecule has 0 radical (unpaired) electrons. The average Bonchev–Trinajstić information content (AvgIpc) is 2.74. The van der Waals surface area contributed by atoms with E-state index in [1.807, 2.05) is 0 Å². The zero-order valence-electron chi connectivity index (χ0n) is 9.91. The Balaban J connectivity index is 1.84. The molecule has 2 unspecified atom stereocenters. The maximum Gasteiger partial charge on any atom is 0.391 e. The summed E-state index contributed by atoms with van der Waals surface area (Å²) in [6, 6.07) is -0.442. The molecule has 2 saturated heterocycles. The van der Waals surface area contributed by atoms with Crippen LogP contribution < -0.4 is 5.32 Å². The van der Waals surface area contributed by atoms with Gasteiger partial charge in [0, 0.05) is 19.6 Å². The number of hydrogen-bond donors (Lipinski definition) is 2. The number of rotatable bonds is 1. The lowest BCUT2D eigenvalue weighted by Gasteiger charge is -2.34. The SMILES string of the molecule is O=C(C1CC(O)CN1)N1CCC(C(F)(F)F)CC1. The highest BCUT2D eigenvalue weighted by Crippen LogP contribution is 2.34. The summed E-state index contributed by atoms with van der Waals surface area (Å²) >= 11 is 0. The molecular weight excluding hydrogens is 249 g/mol. The van der Waals surface area contributed by atoms with Gasteiger partial charge in [-0.05, 0) is 19.3 Å². The Bertz CT molecular complexity index is 314. The summed E-state index contributed by atoms with van der Waals surface area (Å²) in [7, 11) is 0. The van der Waals surface area contributed by atoms with Crippen LogP contribution in [0.2, 0.25) is 0 Å². The molecule has 2 aliphatic rings. The van der Waals surface area contributed by atoms with Gasteiger partial charge in [0.15, 0.2) is 0 Å². The number of β-amino-alcohol motifs (C(OH)–C–C–N with tert-alkyl or cyclic N) is 1. The van der Waals surface area contributed by atoms with Gasteiger partial charge < -0.3 is 15.3 Å². The number of piperidine rings is 1. The number of alkyl halides is 3. The second-order valence-corrected chi connectivity index (χ2v) is 4.99. The van der Waals surface area contributed by atoms with Crippen molar-refractivity contribution < 1.29 is 23.1 Å². The number of likely N-dealkylation sites (tertiary alicyclic amines) is 1. The van der Waals surface area contributed by atoms with Crippen LogP contribution in [0, 0.1) is 5.92 Å². The quantitative estimate of drug-likeness (QED) is 0.727. The summed E-state index contributed by atoms with van der Waals surface area (Å²) < 4.78 is 37.4. The Labute approximate surface area is 103 Å². The maximum atomic E-state index is 12.5. The molecule has 2 N–H and O–H groups in total. The molecule has 0 saturated carbocycles. The van der Waals surface area contributed by atoms with Crippen LogP contribution in [0.4, 0.5) is 13.2 Å². The molecule has 1 amide bonds. The van der Waals surface area contributed by atoms with E-state index in [1.54, 1.807) is 0 Å². The van der Waals surface area contributed by atoms with Crippen LogP contribution >= 0.6 is 0 Å². The number of carbonyl (C=O) groups excluding carboxylic acids is 1. The summed E-state index contributed by atoms with van der Waals surface area (Å²) in [6.07, 6.45) is -4.39. The average molecular weight is 266 g/mol. The monoisotopic (exact) mass is 266 g/mol. The second kappa shape index (κ2) is 5.05. The molecule has 0 aromatic rings. The van der Waals surface area contributed by atoms with Gasteiger partial charge in [-0.1, -0.05) is 0 Å². The topological polar surface area (TPSA) is 52.6 Å². The largest absolute Gasteiger partial charge is 0.392 e. The third-order valence-electron chi connectivity index (χ3n) is 3.68. The fraction of sp³-hybridized carbons (Fsp3) is 0.909. The third kappa shape index (κ3) is 2.95. The maximum absolute atomic E-state index is 12.5. The van der Waals surface area contributed by atoms with Crippen LogP contribution in [-0.4, -0.2) is 53.9 Å². The van der Waals surface area contributed by atoms with Crippen molar-refractivity contribution in [2.45, 2.75) is 37.6 Å². The van der Waals surface area contributed by atoms with Gasteiger partial charge in [0.2, 0.25) is 5.91 Å². The van der Waals surface area contributed by atoms with Gasteiger partial charge in [-0.25, -0.2) is 0 Å². The molecule has 0 aliphatic carbocycles. The van der Waals surface area contributed by atoms with Gasteiger partial charge in [-0.15, -0.1) is 0 Å². The molecule has 2 fully saturated rings. The molecule has 7 heteroatoms. The van der Waals surface area contributed by atoms with Crippen LogP contribution in [0.25, 0.3) is 0 Å². The number of halogens is 3. The third-order valence-corrected chi connectivity index (χ3v) is 3.68. The van der Waals surface area contributed by atoms with E-state index in [2.05, 4.69) is 5.32 Å². The first-order valence-corrected chi connectivity index (χ1v) is 6.15. The number of carbonyl (C=O) groups is 1. The van der Waals surface area contributed by atoms with Gasteiger partial charge in [-0.3, -0.25) is 4.79 Å². The number of hydrogen-bond acceptors (Lipinski definition) is 3. The van der Waals surface area contributed by atoms with Crippen molar-refractivity contribution in [3.8, 4) is 0 Å². The van der Waals surface area contributed by atoms with Gasteiger partial charge in [0.1, 0.15) is 0 Å². The van der Waals surface area contributed by atoms with Crippen molar-refractivity contribution in [2.24, 2.45) is 5.92 Å². The first-order chi connectivity index (χ1) is 8.38. The normalized spacial score (nSPS) is 30.8. The van der Waals surface area contributed by atoms with Gasteiger partial charge in [0.05, 0.1) is 18.1 Å². The first-order valence-electron chi connectivity index (χ1n) is 6.15. The van der Waals surface area contributed by atoms with E-state index >= 15 is 0 Å². The molecule has 0 spiro atoms. The van der Waals surface area contributed by atoms with Crippen LogP contribution in [-0.2, 0) is 4.79 Å². The minimum Gasteiger partial charge on any atom is -0.392 e. The molecular formula is C11H17F3N2O2. The molecule has 0 aromatic carbocycles. The van der Waals surface area contributed by atoms with Crippen molar-refractivity contribution in [1.29, 1.82) is 0 Å². The van der Waals surface area contributed by atoms with Gasteiger partial charge in [-0.2, -0.15) is 13.2 Å². The molecule has 18 heavy (non-hydrogen) atoms. The minimum absolute atomic E-state index is 0.0233. The Kier molecular flexibility index (Phi) is 3.82. The van der Waals surface area contributed by atoms with Crippen molar-refractivity contribution >= 4 is 5.91 Å². The van der Waals surface area contributed by atoms with Crippen molar-refractivity contribution in [1.82, 2.24) is 10.2 Å². The highest BCUT2D eigenvalue weighted by atomic mass is 19.4. The van der Waals surface area contributed by atoms with Crippen LogP contribution in [0.5, 0.6) is 0 Å². The summed E-state index contributed by atoms with van der Waals surface area (Å²) in [6.45, 7) is 0.671. The smallest absolute Gasteiger partial charge is 0.391 e. The number of nitrogens with zero attached hydrogens (tertiary/aromatic N) is 1. The van der Waals surface area contributed by atoms with Crippen LogP contribution in [0.1, 0.15) is 19.3 Å². The molecule has 2 atom stereocenters. The predicted molar refractivity (Wildman–Crippen MR) is 57.8 cm³/mol. The molecule has 2 aliphatic heterocycles. The molecule has 0 aromatic heterocycles. The molecule has 2 rings (SSSR count). The van der Waals surface area contributed by atoms with E-state index < -0.39 is 24.2 Å². The molecule has 2 heterocycles. The lowest BCUT2D eigenvalue weighted by Crippen LogP contribution is -2.48. The number of aliphatic hydroxyl groups is 1. The second-order valence-electron chi connectivity index (χ2n) is 4.99. The van der Waals surface area contributed by atoms with Crippen molar-refractivity contribution in [3.05, 3.63) is 0 Å². The number of amides is 1. The predicted octanol–water partition coefficient (Wildman–Crippen LogP) is 0.510. The van der Waals surface area contributed by atoms with Gasteiger partial charge in [0.25, 0.3) is 0 Å². The molecule has 0 bridgehead atoms. The standard InChI is InChI=1S/C11H17F3N2O2/c12-11(13,14)7-1-3-16(4-2-7)10(18)9-5-8(17)6-15-9/h7-9,15,17H,1-6H2. The molecule has 104 valence electrons. The Morgan fingerprint density at radius 1 is 1.28 bits per heavy atom. The zero-order valence-corrected chi connectivity index (χ0v) is 9.91. The van der Waals surface area contributed by atoms with E-state index in [1.165, 1.54) is 4.90 Å². The Hall–Kier alpha value is -0.820. The van der Waals surface area contributed by atoms with E-state index in [0.29, 0.717) is 13.0 Å². The van der Waals surface area contributed by atoms with Crippen molar-refractivity contribution in [2.75, 3.05) is 19.6 Å². The fourth-order valence-corrected chi connectivity index (χ4v) is 2.55. The Morgan fingerprint density at radius 3 is 2.33 bits per heavy atom. The summed E-state index contributed by atoms with van der Waals surface area (Å²) in [4.78, 5) is 13.4. The summed E-state index contributed by atoms with van der Waals surface area (Å²) in [5, 5.41) is 12.2. The first kappa shape index (κ1) is 13.6. The molecule has 4 nitrogen and oxygen atoms in total. The fourth-order valence-electron chi connectivity index (χ4n) is 2.55. The van der Waals surface area contributed by atoms with Crippen LogP contribution in [0.3, 0.4) is 0 Å². The van der Waals surface area contributed by atoms with E-state index in [-0.39, 0.29) is 31.8 Å². The zero-order chi connectivity index (χ0) is 13.3. The number of nitrogens with one attached hydrogen (secondary N) is 1. The summed E-state index contributed by atoms with van der Waals surface area (Å²) in [5.41, 5.74) is 0. The van der Waals surface area contributed by atoms with Crippen LogP contribution in [0.15, 0.2) is 0 Å². The summed E-state index contributed by atoms with van der Waals surface area (Å²) in [5.74, 6) is -1.48. The lowest BCUT2D eigenvalue weighted by molar-refractivity contribution is -0.186. The van der Waals surface area contributed by atoms with Gasteiger partial charge >= 0.3 is 6.18 Å². The lowest BCUT2D eigenvalue weighted by atomic mass is 9.96. The highest BCUT2D eigenvalue weighted by Gasteiger charge is 2.42. The minimum atomic E-state index is -4.16. The van der Waals surface area contributed by atoms with Crippen molar-refractivity contribution in [3.63, 3.8) is 0 Å². The Morgan fingerprint density at radius 2 is 1.89 bits per heavy atom. The highest BCUT2D eigenvalue weighted by molar-refractivity contribution is 5.82. The van der Waals surface area contributed by atoms with E-state index in [4.69, 9.17) is 0 Å². The number of aliphatic hydroxyl groups excluding tert-OH is 1. The van der Waals surface area contributed by atoms with E-state index in [9.17, 15) is 23.1 Å². The van der Waals surface area contributed by atoms with E-state index in [0.717, 1.165) is 0 Å².